The fourth-order valence-electron chi connectivity index (χ4n) is 3.23. The third-order valence-electron chi connectivity index (χ3n) is 4.31. The molecule has 2 saturated heterocycles. The summed E-state index contributed by atoms with van der Waals surface area (Å²) in [6.45, 7) is 0.839. The van der Waals surface area contributed by atoms with E-state index in [4.69, 9.17) is 9.47 Å². The molecule has 0 aromatic heterocycles. The van der Waals surface area contributed by atoms with E-state index in [0.29, 0.717) is 23.7 Å². The summed E-state index contributed by atoms with van der Waals surface area (Å²) in [6.07, 6.45) is 3.79. The summed E-state index contributed by atoms with van der Waals surface area (Å²) >= 11 is 0. The van der Waals surface area contributed by atoms with Crippen LogP contribution in [0.25, 0.3) is 0 Å². The van der Waals surface area contributed by atoms with Crippen molar-refractivity contribution in [1.82, 2.24) is 4.90 Å². The molecule has 110 valence electrons. The smallest absolute Gasteiger partial charge is 0.332 e. The first-order chi connectivity index (χ1) is 10.3. The summed E-state index contributed by atoms with van der Waals surface area (Å²) in [4.78, 5) is 28.1. The number of carbonyl (C=O) groups is 2. The molecule has 0 aliphatic carbocycles. The predicted octanol–water partition coefficient (Wildman–Crippen LogP) is 2.13. The van der Waals surface area contributed by atoms with Crippen LogP contribution in [0.5, 0.6) is 11.5 Å². The maximum Gasteiger partial charge on any atom is 0.332 e. The molecule has 6 nitrogen and oxygen atoms in total. The number of hydrogen-bond donors (Lipinski definition) is 0. The molecule has 1 atom stereocenters. The molecular weight excluding hydrogens is 272 g/mol. The van der Waals surface area contributed by atoms with Crippen molar-refractivity contribution in [2.45, 2.75) is 31.7 Å². The first kappa shape index (κ1) is 12.5. The van der Waals surface area contributed by atoms with Crippen LogP contribution in [0.2, 0.25) is 0 Å². The van der Waals surface area contributed by atoms with E-state index in [1.54, 1.807) is 23.1 Å². The van der Waals surface area contributed by atoms with Crippen molar-refractivity contribution >= 4 is 17.6 Å². The zero-order valence-electron chi connectivity index (χ0n) is 11.6. The van der Waals surface area contributed by atoms with Gasteiger partial charge in [0, 0.05) is 12.6 Å². The largest absolute Gasteiger partial charge is 0.454 e. The van der Waals surface area contributed by atoms with Crippen molar-refractivity contribution in [2.24, 2.45) is 0 Å². The van der Waals surface area contributed by atoms with E-state index < -0.39 is 0 Å². The number of carbonyl (C=O) groups excluding carboxylic acids is 2. The van der Waals surface area contributed by atoms with Crippen molar-refractivity contribution in [3.05, 3.63) is 18.2 Å². The molecule has 3 aliphatic rings. The van der Waals surface area contributed by atoms with E-state index in [9.17, 15) is 9.59 Å². The second kappa shape index (κ2) is 4.65. The van der Waals surface area contributed by atoms with Gasteiger partial charge in [-0.05, 0) is 25.0 Å². The van der Waals surface area contributed by atoms with Crippen LogP contribution in [-0.2, 0) is 4.79 Å². The van der Waals surface area contributed by atoms with Crippen LogP contribution in [0, 0.1) is 0 Å². The molecule has 0 saturated carbocycles. The lowest BCUT2D eigenvalue weighted by Gasteiger charge is -2.18. The number of nitrogens with zero attached hydrogens (tertiary/aromatic N) is 2. The number of urea groups is 1. The zero-order chi connectivity index (χ0) is 14.4. The van der Waals surface area contributed by atoms with Crippen LogP contribution in [0.3, 0.4) is 0 Å². The fourth-order valence-corrected chi connectivity index (χ4v) is 3.23. The average Bonchev–Trinajstić information content (AvgIpc) is 2.92. The summed E-state index contributed by atoms with van der Waals surface area (Å²) < 4.78 is 10.6. The van der Waals surface area contributed by atoms with Gasteiger partial charge in [0.15, 0.2) is 11.5 Å². The number of hydrogen-bond acceptors (Lipinski definition) is 4. The minimum Gasteiger partial charge on any atom is -0.454 e. The Morgan fingerprint density at radius 3 is 2.81 bits per heavy atom. The lowest BCUT2D eigenvalue weighted by molar-refractivity contribution is -0.119. The Kier molecular flexibility index (Phi) is 2.77. The van der Waals surface area contributed by atoms with Gasteiger partial charge in [0.1, 0.15) is 6.04 Å². The van der Waals surface area contributed by atoms with E-state index >= 15 is 0 Å². The van der Waals surface area contributed by atoms with Crippen LogP contribution < -0.4 is 14.4 Å². The van der Waals surface area contributed by atoms with E-state index in [1.165, 1.54) is 4.90 Å². The first-order valence-electron chi connectivity index (χ1n) is 7.30. The molecule has 3 amide bonds. The van der Waals surface area contributed by atoms with Gasteiger partial charge in [-0.25, -0.2) is 9.69 Å². The highest BCUT2D eigenvalue weighted by atomic mass is 16.7. The molecule has 0 radical (unpaired) electrons. The van der Waals surface area contributed by atoms with Gasteiger partial charge in [-0.1, -0.05) is 12.8 Å². The number of ether oxygens (including phenoxy) is 2. The Hall–Kier alpha value is -2.24. The SMILES string of the molecule is O=C1[C@H]2CCCCCN2C(=O)N1c1ccc2c(c1)OCO2. The molecular formula is C15H16N2O4. The Morgan fingerprint density at radius 1 is 1.05 bits per heavy atom. The zero-order valence-corrected chi connectivity index (χ0v) is 11.6. The second-order valence-electron chi connectivity index (χ2n) is 5.55. The lowest BCUT2D eigenvalue weighted by atomic mass is 10.1. The number of fused-ring (bicyclic) bond motifs is 2. The highest BCUT2D eigenvalue weighted by Gasteiger charge is 2.46. The molecule has 0 spiro atoms. The van der Waals surface area contributed by atoms with Crippen molar-refractivity contribution in [3.8, 4) is 11.5 Å². The molecule has 21 heavy (non-hydrogen) atoms. The molecule has 0 bridgehead atoms. The van der Waals surface area contributed by atoms with Gasteiger partial charge in [0.05, 0.1) is 5.69 Å². The van der Waals surface area contributed by atoms with Gasteiger partial charge in [-0.2, -0.15) is 0 Å². The number of anilines is 1. The molecule has 0 N–H and O–H groups in total. The lowest BCUT2D eigenvalue weighted by Crippen LogP contribution is -2.34. The molecule has 3 heterocycles. The predicted molar refractivity (Wildman–Crippen MR) is 74.4 cm³/mol. The maximum atomic E-state index is 12.6. The van der Waals surface area contributed by atoms with Crippen LogP contribution in [0.15, 0.2) is 18.2 Å². The van der Waals surface area contributed by atoms with Crippen LogP contribution >= 0.6 is 0 Å². The second-order valence-corrected chi connectivity index (χ2v) is 5.55. The molecule has 0 unspecified atom stereocenters. The minimum absolute atomic E-state index is 0.124. The van der Waals surface area contributed by atoms with Crippen molar-refractivity contribution < 1.29 is 19.1 Å². The number of benzene rings is 1. The van der Waals surface area contributed by atoms with Gasteiger partial charge >= 0.3 is 6.03 Å². The Labute approximate surface area is 122 Å². The quantitative estimate of drug-likeness (QED) is 0.743. The highest BCUT2D eigenvalue weighted by Crippen LogP contribution is 2.38. The van der Waals surface area contributed by atoms with Gasteiger partial charge in [0.2, 0.25) is 6.79 Å². The molecule has 1 aromatic rings. The monoisotopic (exact) mass is 288 g/mol. The highest BCUT2D eigenvalue weighted by molar-refractivity contribution is 6.21. The molecule has 6 heteroatoms. The van der Waals surface area contributed by atoms with Gasteiger partial charge in [-0.3, -0.25) is 4.79 Å². The Balaban J connectivity index is 1.69. The fraction of sp³-hybridized carbons (Fsp3) is 0.467. The van der Waals surface area contributed by atoms with Crippen molar-refractivity contribution in [3.63, 3.8) is 0 Å². The summed E-state index contributed by atoms with van der Waals surface area (Å²) in [5.74, 6) is 1.10. The van der Waals surface area contributed by atoms with E-state index in [-0.39, 0.29) is 24.8 Å². The first-order valence-corrected chi connectivity index (χ1v) is 7.30. The third kappa shape index (κ3) is 1.86. The van der Waals surface area contributed by atoms with Crippen LogP contribution in [-0.4, -0.2) is 36.2 Å². The van der Waals surface area contributed by atoms with Gasteiger partial charge in [0.25, 0.3) is 5.91 Å². The van der Waals surface area contributed by atoms with E-state index in [2.05, 4.69) is 0 Å². The van der Waals surface area contributed by atoms with Crippen molar-refractivity contribution in [2.75, 3.05) is 18.2 Å². The molecule has 2 fully saturated rings. The van der Waals surface area contributed by atoms with E-state index in [1.807, 2.05) is 0 Å². The number of amides is 3. The molecule has 3 aliphatic heterocycles. The summed E-state index contributed by atoms with van der Waals surface area (Å²) in [5.41, 5.74) is 0.558. The molecule has 1 aromatic carbocycles. The van der Waals surface area contributed by atoms with E-state index in [0.717, 1.165) is 25.7 Å². The van der Waals surface area contributed by atoms with Crippen LogP contribution in [0.4, 0.5) is 10.5 Å². The van der Waals surface area contributed by atoms with Gasteiger partial charge < -0.3 is 14.4 Å². The average molecular weight is 288 g/mol. The Bertz CT molecular complexity index is 592. The summed E-state index contributed by atoms with van der Waals surface area (Å²) in [5, 5.41) is 0. The third-order valence-corrected chi connectivity index (χ3v) is 4.31. The normalized spacial score (nSPS) is 24.3. The van der Waals surface area contributed by atoms with Crippen LogP contribution in [0.1, 0.15) is 25.7 Å². The topological polar surface area (TPSA) is 59.1 Å². The summed E-state index contributed by atoms with van der Waals surface area (Å²) in [6, 6.07) is 4.65. The molecule has 4 rings (SSSR count). The Morgan fingerprint density at radius 2 is 1.90 bits per heavy atom. The minimum atomic E-state index is -0.301. The standard InChI is InChI=1S/C15H16N2O4/c18-14-11-4-2-1-3-7-16(11)15(19)17(14)10-5-6-12-13(8-10)21-9-20-12/h5-6,8,11H,1-4,7,9H2/t11-/m1/s1. The maximum absolute atomic E-state index is 12.6. The van der Waals surface area contributed by atoms with Crippen molar-refractivity contribution in [1.29, 1.82) is 0 Å². The number of imide groups is 1. The summed E-state index contributed by atoms with van der Waals surface area (Å²) in [7, 11) is 0. The number of rotatable bonds is 1. The van der Waals surface area contributed by atoms with Gasteiger partial charge in [-0.15, -0.1) is 0 Å².